The Hall–Kier alpha value is -1.81. The number of hydrogen-bond donors (Lipinski definition) is 1. The molecule has 1 aromatic carbocycles. The van der Waals surface area contributed by atoms with Crippen LogP contribution >= 0.6 is 11.6 Å². The monoisotopic (exact) mass is 236 g/mol. The standard InChI is InChI=1S/C11H9ClN2O2/c1-7-4-2-3-5-8(7)16-11-9(12)10(15)13-6-14-11/h2-6H,1H3,(H,13,14,15). The Morgan fingerprint density at radius 2 is 2.12 bits per heavy atom. The van der Waals surface area contributed by atoms with Crippen LogP contribution in [0, 0.1) is 6.92 Å². The predicted octanol–water partition coefficient (Wildman–Crippen LogP) is 2.52. The summed E-state index contributed by atoms with van der Waals surface area (Å²) in [6, 6.07) is 7.42. The van der Waals surface area contributed by atoms with Gasteiger partial charge in [0.25, 0.3) is 5.56 Å². The van der Waals surface area contributed by atoms with Crippen molar-refractivity contribution in [3.8, 4) is 11.6 Å². The van der Waals surface area contributed by atoms with Gasteiger partial charge in [0.05, 0.1) is 6.33 Å². The predicted molar refractivity (Wildman–Crippen MR) is 61.1 cm³/mol. The van der Waals surface area contributed by atoms with Gasteiger partial charge in [-0.15, -0.1) is 0 Å². The fraction of sp³-hybridized carbons (Fsp3) is 0.0909. The molecule has 0 amide bonds. The summed E-state index contributed by atoms with van der Waals surface area (Å²) in [4.78, 5) is 17.4. The molecule has 0 aliphatic carbocycles. The van der Waals surface area contributed by atoms with E-state index in [0.29, 0.717) is 5.75 Å². The molecule has 1 N–H and O–H groups in total. The number of aromatic nitrogens is 2. The van der Waals surface area contributed by atoms with Crippen LogP contribution in [0.2, 0.25) is 5.02 Å². The van der Waals surface area contributed by atoms with Gasteiger partial charge in [-0.05, 0) is 18.6 Å². The zero-order chi connectivity index (χ0) is 11.5. The Labute approximate surface area is 96.9 Å². The van der Waals surface area contributed by atoms with E-state index in [2.05, 4.69) is 9.97 Å². The minimum atomic E-state index is -0.416. The van der Waals surface area contributed by atoms with E-state index in [9.17, 15) is 4.79 Å². The molecule has 0 atom stereocenters. The van der Waals surface area contributed by atoms with E-state index in [1.807, 2.05) is 25.1 Å². The van der Waals surface area contributed by atoms with Crippen molar-refractivity contribution in [2.75, 3.05) is 0 Å². The summed E-state index contributed by atoms with van der Waals surface area (Å²) in [5.41, 5.74) is 0.529. The highest BCUT2D eigenvalue weighted by atomic mass is 35.5. The highest BCUT2D eigenvalue weighted by molar-refractivity contribution is 6.31. The molecule has 0 unspecified atom stereocenters. The lowest BCUT2D eigenvalue weighted by Gasteiger charge is -2.07. The summed E-state index contributed by atoms with van der Waals surface area (Å²) in [5, 5.41) is -0.0502. The number of benzene rings is 1. The third kappa shape index (κ3) is 2.06. The molecule has 0 aliphatic heterocycles. The van der Waals surface area contributed by atoms with Gasteiger partial charge in [0, 0.05) is 0 Å². The number of nitrogens with zero attached hydrogens (tertiary/aromatic N) is 1. The number of ether oxygens (including phenoxy) is 1. The van der Waals surface area contributed by atoms with Gasteiger partial charge in [0.1, 0.15) is 5.75 Å². The first kappa shape index (κ1) is 10.7. The Morgan fingerprint density at radius 1 is 1.38 bits per heavy atom. The molecule has 0 aliphatic rings. The second-order valence-corrected chi connectivity index (χ2v) is 3.60. The van der Waals surface area contributed by atoms with Crippen molar-refractivity contribution in [1.82, 2.24) is 9.97 Å². The largest absolute Gasteiger partial charge is 0.437 e. The lowest BCUT2D eigenvalue weighted by molar-refractivity contribution is 0.457. The maximum Gasteiger partial charge on any atom is 0.273 e. The summed E-state index contributed by atoms with van der Waals surface area (Å²) < 4.78 is 5.46. The summed E-state index contributed by atoms with van der Waals surface area (Å²) in [6.45, 7) is 1.90. The smallest absolute Gasteiger partial charge is 0.273 e. The average molecular weight is 237 g/mol. The molecule has 2 aromatic rings. The molecule has 4 nitrogen and oxygen atoms in total. The van der Waals surface area contributed by atoms with Crippen molar-refractivity contribution in [1.29, 1.82) is 0 Å². The molecule has 1 heterocycles. The molecule has 2 rings (SSSR count). The van der Waals surface area contributed by atoms with Crippen LogP contribution in [-0.2, 0) is 0 Å². The topological polar surface area (TPSA) is 55.0 Å². The highest BCUT2D eigenvalue weighted by Gasteiger charge is 2.08. The van der Waals surface area contributed by atoms with Gasteiger partial charge < -0.3 is 9.72 Å². The Bertz CT molecular complexity index is 566. The summed E-state index contributed by atoms with van der Waals surface area (Å²) >= 11 is 5.76. The van der Waals surface area contributed by atoms with E-state index in [1.165, 1.54) is 6.33 Å². The third-order valence-electron chi connectivity index (χ3n) is 2.06. The van der Waals surface area contributed by atoms with Crippen LogP contribution < -0.4 is 10.3 Å². The molecule has 0 saturated heterocycles. The maximum absolute atomic E-state index is 11.2. The van der Waals surface area contributed by atoms with Crippen molar-refractivity contribution in [2.24, 2.45) is 0 Å². The third-order valence-corrected chi connectivity index (χ3v) is 2.40. The summed E-state index contributed by atoms with van der Waals surface area (Å²) in [5.74, 6) is 0.738. The molecule has 0 bridgehead atoms. The molecule has 0 spiro atoms. The molecule has 0 fully saturated rings. The molecule has 82 valence electrons. The van der Waals surface area contributed by atoms with Crippen LogP contribution in [0.1, 0.15) is 5.56 Å². The van der Waals surface area contributed by atoms with Gasteiger partial charge in [0.15, 0.2) is 5.02 Å². The Morgan fingerprint density at radius 3 is 2.88 bits per heavy atom. The first-order valence-corrected chi connectivity index (χ1v) is 5.03. The number of aryl methyl sites for hydroxylation is 1. The van der Waals surface area contributed by atoms with Crippen molar-refractivity contribution >= 4 is 11.6 Å². The molecule has 0 saturated carbocycles. The van der Waals surface area contributed by atoms with Crippen LogP contribution in [0.4, 0.5) is 0 Å². The Balaban J connectivity index is 2.38. The van der Waals surface area contributed by atoms with E-state index < -0.39 is 5.56 Å². The van der Waals surface area contributed by atoms with Crippen molar-refractivity contribution in [2.45, 2.75) is 6.92 Å². The maximum atomic E-state index is 11.2. The fourth-order valence-electron chi connectivity index (χ4n) is 1.21. The van der Waals surface area contributed by atoms with E-state index in [0.717, 1.165) is 5.56 Å². The molecule has 1 aromatic heterocycles. The Kier molecular flexibility index (Phi) is 2.92. The average Bonchev–Trinajstić information content (AvgIpc) is 2.28. The number of para-hydroxylation sites is 1. The fourth-order valence-corrected chi connectivity index (χ4v) is 1.35. The van der Waals surface area contributed by atoms with Crippen molar-refractivity contribution in [3.05, 3.63) is 51.5 Å². The lowest BCUT2D eigenvalue weighted by Crippen LogP contribution is -2.08. The van der Waals surface area contributed by atoms with Crippen molar-refractivity contribution < 1.29 is 4.74 Å². The molecular weight excluding hydrogens is 228 g/mol. The normalized spacial score (nSPS) is 10.1. The van der Waals surface area contributed by atoms with E-state index in [1.54, 1.807) is 6.07 Å². The molecule has 0 radical (unpaired) electrons. The number of H-pyrrole nitrogens is 1. The molecule has 16 heavy (non-hydrogen) atoms. The van der Waals surface area contributed by atoms with Gasteiger partial charge >= 0.3 is 0 Å². The first-order chi connectivity index (χ1) is 7.68. The van der Waals surface area contributed by atoms with E-state index in [-0.39, 0.29) is 10.9 Å². The van der Waals surface area contributed by atoms with Gasteiger partial charge in [0.2, 0.25) is 5.88 Å². The minimum absolute atomic E-state index is 0.0502. The quantitative estimate of drug-likeness (QED) is 0.872. The number of nitrogens with one attached hydrogen (secondary N) is 1. The van der Waals surface area contributed by atoms with Gasteiger partial charge in [-0.2, -0.15) is 0 Å². The minimum Gasteiger partial charge on any atom is -0.437 e. The van der Waals surface area contributed by atoms with Crippen LogP contribution in [0.25, 0.3) is 0 Å². The SMILES string of the molecule is Cc1ccccc1Oc1nc[nH]c(=O)c1Cl. The second-order valence-electron chi connectivity index (χ2n) is 3.22. The summed E-state index contributed by atoms with van der Waals surface area (Å²) in [7, 11) is 0. The summed E-state index contributed by atoms with van der Waals surface area (Å²) in [6.07, 6.45) is 1.25. The molecular formula is C11H9ClN2O2. The zero-order valence-corrected chi connectivity index (χ0v) is 9.28. The number of aromatic amines is 1. The van der Waals surface area contributed by atoms with Crippen LogP contribution in [0.3, 0.4) is 0 Å². The van der Waals surface area contributed by atoms with Gasteiger partial charge in [-0.3, -0.25) is 4.79 Å². The molecule has 5 heteroatoms. The number of rotatable bonds is 2. The highest BCUT2D eigenvalue weighted by Crippen LogP contribution is 2.25. The first-order valence-electron chi connectivity index (χ1n) is 4.65. The van der Waals surface area contributed by atoms with Crippen LogP contribution in [0.15, 0.2) is 35.4 Å². The van der Waals surface area contributed by atoms with Gasteiger partial charge in [-0.25, -0.2) is 4.98 Å². The van der Waals surface area contributed by atoms with Crippen LogP contribution in [0.5, 0.6) is 11.6 Å². The number of halogens is 1. The zero-order valence-electron chi connectivity index (χ0n) is 8.53. The van der Waals surface area contributed by atoms with Crippen molar-refractivity contribution in [3.63, 3.8) is 0 Å². The lowest BCUT2D eigenvalue weighted by atomic mass is 10.2. The second kappa shape index (κ2) is 4.37. The number of hydrogen-bond acceptors (Lipinski definition) is 3. The van der Waals surface area contributed by atoms with Gasteiger partial charge in [-0.1, -0.05) is 29.8 Å². The van der Waals surface area contributed by atoms with E-state index in [4.69, 9.17) is 16.3 Å². The van der Waals surface area contributed by atoms with Crippen LogP contribution in [-0.4, -0.2) is 9.97 Å². The van der Waals surface area contributed by atoms with E-state index >= 15 is 0 Å².